The normalized spacial score (nSPS) is 13.6. The number of hydrogen-bond donors (Lipinski definition) is 0. The van der Waals surface area contributed by atoms with Crippen LogP contribution < -0.4 is 4.90 Å². The van der Waals surface area contributed by atoms with Crippen molar-refractivity contribution in [3.05, 3.63) is 82.6 Å². The van der Waals surface area contributed by atoms with Crippen molar-refractivity contribution in [2.45, 2.75) is 19.4 Å². The van der Waals surface area contributed by atoms with Gasteiger partial charge in [0.25, 0.3) is 5.91 Å². The number of hydrogen-bond acceptors (Lipinski definition) is 2. The molecule has 1 aliphatic rings. The van der Waals surface area contributed by atoms with Gasteiger partial charge in [0.05, 0.1) is 17.8 Å². The van der Waals surface area contributed by atoms with E-state index in [1.165, 1.54) is 5.56 Å². The van der Waals surface area contributed by atoms with Crippen LogP contribution in [0.1, 0.15) is 27.9 Å². The Kier molecular flexibility index (Phi) is 4.28. The van der Waals surface area contributed by atoms with Gasteiger partial charge in [0.2, 0.25) is 0 Å². The number of aromatic nitrogens is 2. The van der Waals surface area contributed by atoms with Crippen LogP contribution in [0, 0.1) is 0 Å². The average Bonchev–Trinajstić information content (AvgIpc) is 3.06. The predicted molar refractivity (Wildman–Crippen MR) is 99.2 cm³/mol. The summed E-state index contributed by atoms with van der Waals surface area (Å²) in [6.45, 7) is 1.40. The number of para-hydroxylation sites is 1. The highest BCUT2D eigenvalue weighted by atomic mass is 35.5. The molecular formula is C20H18ClN3O. The lowest BCUT2D eigenvalue weighted by Gasteiger charge is -2.29. The quantitative estimate of drug-likeness (QED) is 0.710. The van der Waals surface area contributed by atoms with Gasteiger partial charge in [-0.05, 0) is 42.2 Å². The highest BCUT2D eigenvalue weighted by Crippen LogP contribution is 2.28. The first kappa shape index (κ1) is 15.9. The van der Waals surface area contributed by atoms with Crippen molar-refractivity contribution >= 4 is 23.2 Å². The highest BCUT2D eigenvalue weighted by Gasteiger charge is 2.23. The SMILES string of the molecule is O=C(c1ccc(Cn2cc(Cl)cn2)cc1)N1CCCc2ccccc21. The molecule has 3 aromatic rings. The lowest BCUT2D eigenvalue weighted by atomic mass is 10.0. The number of anilines is 1. The summed E-state index contributed by atoms with van der Waals surface area (Å²) < 4.78 is 1.78. The van der Waals surface area contributed by atoms with E-state index in [9.17, 15) is 4.79 Å². The summed E-state index contributed by atoms with van der Waals surface area (Å²) in [5.41, 5.74) is 4.07. The molecule has 126 valence electrons. The molecule has 1 aliphatic heterocycles. The van der Waals surface area contributed by atoms with Crippen LogP contribution in [0.5, 0.6) is 0 Å². The van der Waals surface area contributed by atoms with E-state index in [4.69, 9.17) is 11.6 Å². The van der Waals surface area contributed by atoms with E-state index in [-0.39, 0.29) is 5.91 Å². The first-order chi connectivity index (χ1) is 12.2. The molecule has 1 aromatic heterocycles. The fraction of sp³-hybridized carbons (Fsp3) is 0.200. The molecule has 0 bridgehead atoms. The lowest BCUT2D eigenvalue weighted by Crippen LogP contribution is -2.35. The van der Waals surface area contributed by atoms with Gasteiger partial charge in [0, 0.05) is 24.0 Å². The van der Waals surface area contributed by atoms with E-state index in [1.54, 1.807) is 17.1 Å². The minimum Gasteiger partial charge on any atom is -0.308 e. The van der Waals surface area contributed by atoms with Gasteiger partial charge in [-0.2, -0.15) is 5.10 Å². The molecule has 2 aromatic carbocycles. The lowest BCUT2D eigenvalue weighted by molar-refractivity contribution is 0.0985. The first-order valence-electron chi connectivity index (χ1n) is 8.37. The van der Waals surface area contributed by atoms with Crippen LogP contribution in [0.4, 0.5) is 5.69 Å². The second-order valence-electron chi connectivity index (χ2n) is 6.24. The summed E-state index contributed by atoms with van der Waals surface area (Å²) in [5, 5.41) is 4.80. The van der Waals surface area contributed by atoms with E-state index in [2.05, 4.69) is 11.2 Å². The molecule has 0 N–H and O–H groups in total. The molecule has 0 radical (unpaired) electrons. The maximum absolute atomic E-state index is 12.9. The number of halogens is 1. The maximum Gasteiger partial charge on any atom is 0.258 e. The van der Waals surface area contributed by atoms with Gasteiger partial charge >= 0.3 is 0 Å². The van der Waals surface area contributed by atoms with E-state index in [1.807, 2.05) is 47.4 Å². The van der Waals surface area contributed by atoms with Gasteiger partial charge in [-0.25, -0.2) is 0 Å². The van der Waals surface area contributed by atoms with Crippen LogP contribution in [0.25, 0.3) is 0 Å². The third kappa shape index (κ3) is 3.30. The number of amides is 1. The second-order valence-corrected chi connectivity index (χ2v) is 6.68. The van der Waals surface area contributed by atoms with Crippen molar-refractivity contribution in [3.63, 3.8) is 0 Å². The standard InChI is InChI=1S/C20H18ClN3O/c21-18-12-22-23(14-18)13-15-7-9-17(10-8-15)20(25)24-11-3-5-16-4-1-2-6-19(16)24/h1-2,4,6-10,12,14H,3,5,11,13H2. The third-order valence-electron chi connectivity index (χ3n) is 4.50. The number of benzene rings is 2. The first-order valence-corrected chi connectivity index (χ1v) is 8.75. The summed E-state index contributed by atoms with van der Waals surface area (Å²) in [6.07, 6.45) is 5.44. The molecule has 0 unspecified atom stereocenters. The molecule has 0 atom stereocenters. The van der Waals surface area contributed by atoms with E-state index >= 15 is 0 Å². The van der Waals surface area contributed by atoms with Crippen LogP contribution in [0.3, 0.4) is 0 Å². The zero-order valence-electron chi connectivity index (χ0n) is 13.7. The number of carbonyl (C=O) groups is 1. The molecule has 5 heteroatoms. The molecule has 4 rings (SSSR count). The van der Waals surface area contributed by atoms with Gasteiger partial charge in [-0.1, -0.05) is 41.9 Å². The Hall–Kier alpha value is -2.59. The van der Waals surface area contributed by atoms with Crippen LogP contribution >= 0.6 is 11.6 Å². The van der Waals surface area contributed by atoms with Gasteiger partial charge in [-0.3, -0.25) is 9.48 Å². The Labute approximate surface area is 151 Å². The summed E-state index contributed by atoms with van der Waals surface area (Å²) in [6, 6.07) is 15.9. The fourth-order valence-corrected chi connectivity index (χ4v) is 3.42. The second kappa shape index (κ2) is 6.73. The zero-order valence-corrected chi connectivity index (χ0v) is 14.5. The summed E-state index contributed by atoms with van der Waals surface area (Å²) in [5.74, 6) is 0.0563. The molecular weight excluding hydrogens is 334 g/mol. The summed E-state index contributed by atoms with van der Waals surface area (Å²) >= 11 is 5.89. The maximum atomic E-state index is 12.9. The minimum atomic E-state index is 0.0563. The smallest absolute Gasteiger partial charge is 0.258 e. The highest BCUT2D eigenvalue weighted by molar-refractivity contribution is 6.30. The largest absolute Gasteiger partial charge is 0.308 e. The number of rotatable bonds is 3. The van der Waals surface area contributed by atoms with Crippen molar-refractivity contribution in [2.75, 3.05) is 11.4 Å². The van der Waals surface area contributed by atoms with Gasteiger partial charge in [0.1, 0.15) is 0 Å². The minimum absolute atomic E-state index is 0.0563. The van der Waals surface area contributed by atoms with Crippen molar-refractivity contribution in [2.24, 2.45) is 0 Å². The Morgan fingerprint density at radius 1 is 1.12 bits per heavy atom. The topological polar surface area (TPSA) is 38.1 Å². The fourth-order valence-electron chi connectivity index (χ4n) is 3.27. The number of nitrogens with zero attached hydrogens (tertiary/aromatic N) is 3. The molecule has 0 saturated carbocycles. The Bertz CT molecular complexity index is 901. The zero-order chi connectivity index (χ0) is 17.2. The predicted octanol–water partition coefficient (Wildman–Crippen LogP) is 4.18. The van der Waals surface area contributed by atoms with Crippen molar-refractivity contribution in [1.29, 1.82) is 0 Å². The Morgan fingerprint density at radius 2 is 1.92 bits per heavy atom. The summed E-state index contributed by atoms with van der Waals surface area (Å²) in [7, 11) is 0. The molecule has 0 fully saturated rings. The Morgan fingerprint density at radius 3 is 2.68 bits per heavy atom. The molecule has 0 saturated heterocycles. The average molecular weight is 352 g/mol. The van der Waals surface area contributed by atoms with Crippen molar-refractivity contribution in [1.82, 2.24) is 9.78 Å². The number of carbonyl (C=O) groups excluding carboxylic acids is 1. The van der Waals surface area contributed by atoms with Crippen LogP contribution in [0.2, 0.25) is 5.02 Å². The van der Waals surface area contributed by atoms with Gasteiger partial charge < -0.3 is 4.90 Å². The molecule has 1 amide bonds. The van der Waals surface area contributed by atoms with Gasteiger partial charge in [-0.15, -0.1) is 0 Å². The van der Waals surface area contributed by atoms with Crippen LogP contribution in [-0.4, -0.2) is 22.2 Å². The summed E-state index contributed by atoms with van der Waals surface area (Å²) in [4.78, 5) is 14.8. The molecule has 0 spiro atoms. The van der Waals surface area contributed by atoms with E-state index in [0.29, 0.717) is 17.1 Å². The van der Waals surface area contributed by atoms with E-state index in [0.717, 1.165) is 30.6 Å². The molecule has 25 heavy (non-hydrogen) atoms. The van der Waals surface area contributed by atoms with Crippen molar-refractivity contribution < 1.29 is 4.79 Å². The van der Waals surface area contributed by atoms with Crippen LogP contribution in [-0.2, 0) is 13.0 Å². The molecule has 0 aliphatic carbocycles. The monoisotopic (exact) mass is 351 g/mol. The van der Waals surface area contributed by atoms with Crippen molar-refractivity contribution in [3.8, 4) is 0 Å². The van der Waals surface area contributed by atoms with Gasteiger partial charge in [0.15, 0.2) is 0 Å². The molecule has 2 heterocycles. The number of aryl methyl sites for hydroxylation is 1. The van der Waals surface area contributed by atoms with E-state index < -0.39 is 0 Å². The number of fused-ring (bicyclic) bond motifs is 1. The third-order valence-corrected chi connectivity index (χ3v) is 4.70. The Balaban J connectivity index is 1.53. The molecule has 4 nitrogen and oxygen atoms in total. The van der Waals surface area contributed by atoms with Crippen LogP contribution in [0.15, 0.2) is 60.9 Å².